The van der Waals surface area contributed by atoms with Gasteiger partial charge in [0.25, 0.3) is 5.09 Å². The molecule has 1 atom stereocenters. The molecule has 10 heteroatoms. The van der Waals surface area contributed by atoms with Crippen molar-refractivity contribution in [2.45, 2.75) is 32.4 Å². The Balaban J connectivity index is 4.29. The zero-order valence-electron chi connectivity index (χ0n) is 12.5. The van der Waals surface area contributed by atoms with Gasteiger partial charge in [-0.1, -0.05) is 0 Å². The summed E-state index contributed by atoms with van der Waals surface area (Å²) in [6.45, 7) is 4.86. The molecule has 0 aromatic heterocycles. The van der Waals surface area contributed by atoms with Crippen molar-refractivity contribution in [3.05, 3.63) is 10.1 Å². The molecule has 21 heavy (non-hydrogen) atoms. The molecular formula is C11H21N3O6S. The third kappa shape index (κ3) is 10.7. The second-order valence-electron chi connectivity index (χ2n) is 5.00. The topological polar surface area (TPSA) is 120 Å². The van der Waals surface area contributed by atoms with Crippen molar-refractivity contribution in [2.24, 2.45) is 0 Å². The number of alkyl carbamates (subject to hydrolysis) is 1. The summed E-state index contributed by atoms with van der Waals surface area (Å²) in [5.74, 6) is -0.108. The van der Waals surface area contributed by atoms with E-state index in [0.29, 0.717) is 5.75 Å². The highest BCUT2D eigenvalue weighted by Gasteiger charge is 2.23. The maximum atomic E-state index is 11.9. The fourth-order valence-electron chi connectivity index (χ4n) is 1.22. The maximum absolute atomic E-state index is 11.9. The van der Waals surface area contributed by atoms with Crippen molar-refractivity contribution in [1.29, 1.82) is 0 Å². The van der Waals surface area contributed by atoms with Crippen molar-refractivity contribution < 1.29 is 24.3 Å². The number of hydrogen-bond acceptors (Lipinski definition) is 7. The molecule has 0 heterocycles. The van der Waals surface area contributed by atoms with Crippen LogP contribution in [0.5, 0.6) is 0 Å². The molecule has 0 bridgehead atoms. The van der Waals surface area contributed by atoms with Crippen molar-refractivity contribution in [3.8, 4) is 0 Å². The van der Waals surface area contributed by atoms with Gasteiger partial charge < -0.3 is 20.2 Å². The Morgan fingerprint density at radius 1 is 1.38 bits per heavy atom. The lowest BCUT2D eigenvalue weighted by Gasteiger charge is -2.23. The summed E-state index contributed by atoms with van der Waals surface area (Å²) < 4.78 is 5.07. The quantitative estimate of drug-likeness (QED) is 0.380. The van der Waals surface area contributed by atoms with E-state index in [1.54, 1.807) is 27.0 Å². The van der Waals surface area contributed by atoms with Gasteiger partial charge in [0, 0.05) is 12.3 Å². The van der Waals surface area contributed by atoms with Crippen LogP contribution in [0.15, 0.2) is 0 Å². The van der Waals surface area contributed by atoms with Gasteiger partial charge in [0.2, 0.25) is 5.91 Å². The molecule has 0 aliphatic heterocycles. The van der Waals surface area contributed by atoms with E-state index < -0.39 is 28.7 Å². The average Bonchev–Trinajstić information content (AvgIpc) is 2.31. The van der Waals surface area contributed by atoms with Crippen LogP contribution in [0.3, 0.4) is 0 Å². The Hall–Kier alpha value is -1.71. The number of hydrogen-bond donors (Lipinski definition) is 2. The summed E-state index contributed by atoms with van der Waals surface area (Å²) in [7, 11) is 0. The van der Waals surface area contributed by atoms with Gasteiger partial charge in [-0.3, -0.25) is 4.79 Å². The molecule has 122 valence electrons. The minimum absolute atomic E-state index is 0.0271. The van der Waals surface area contributed by atoms with Crippen LogP contribution in [0.4, 0.5) is 4.79 Å². The van der Waals surface area contributed by atoms with E-state index in [0.717, 1.165) is 0 Å². The van der Waals surface area contributed by atoms with Crippen molar-refractivity contribution in [3.63, 3.8) is 0 Å². The minimum Gasteiger partial charge on any atom is -0.444 e. The van der Waals surface area contributed by atoms with Gasteiger partial charge in [0.05, 0.1) is 0 Å². The Labute approximate surface area is 127 Å². The van der Waals surface area contributed by atoms with Gasteiger partial charge >= 0.3 is 6.09 Å². The SMILES string of the molecule is CSC[C@H](NC(=O)OC(C)(C)C)C(=O)NCCO[N+](=O)[O-]. The molecule has 2 N–H and O–H groups in total. The van der Waals surface area contributed by atoms with E-state index in [1.807, 2.05) is 0 Å². The number of nitrogens with one attached hydrogen (secondary N) is 2. The molecule has 0 aliphatic carbocycles. The smallest absolute Gasteiger partial charge is 0.408 e. The summed E-state index contributed by atoms with van der Waals surface area (Å²) in [6.07, 6.45) is 1.09. The zero-order valence-corrected chi connectivity index (χ0v) is 13.3. The molecule has 0 aromatic carbocycles. The number of rotatable bonds is 8. The molecule has 9 nitrogen and oxygen atoms in total. The van der Waals surface area contributed by atoms with E-state index in [4.69, 9.17) is 4.74 Å². The summed E-state index contributed by atoms with van der Waals surface area (Å²) >= 11 is 1.37. The van der Waals surface area contributed by atoms with Gasteiger partial charge in [-0.2, -0.15) is 11.8 Å². The van der Waals surface area contributed by atoms with Crippen LogP contribution >= 0.6 is 11.8 Å². The molecule has 0 rings (SSSR count). The largest absolute Gasteiger partial charge is 0.444 e. The Bertz CT molecular complexity index is 371. The standard InChI is InChI=1S/C11H21N3O6S/c1-11(2,3)20-10(16)13-8(7-21-4)9(15)12-5-6-19-14(17)18/h8H,5-7H2,1-4H3,(H,12,15)(H,13,16)/t8-/m0/s1. The van der Waals surface area contributed by atoms with Crippen LogP contribution in [-0.2, 0) is 14.4 Å². The first-order valence-electron chi connectivity index (χ1n) is 6.19. The van der Waals surface area contributed by atoms with Crippen LogP contribution in [-0.4, -0.2) is 53.9 Å². The van der Waals surface area contributed by atoms with Crippen LogP contribution in [0.25, 0.3) is 0 Å². The number of nitrogens with zero attached hydrogens (tertiary/aromatic N) is 1. The number of amides is 2. The monoisotopic (exact) mass is 323 g/mol. The highest BCUT2D eigenvalue weighted by atomic mass is 32.2. The van der Waals surface area contributed by atoms with Crippen molar-refractivity contribution in [2.75, 3.05) is 25.2 Å². The van der Waals surface area contributed by atoms with E-state index >= 15 is 0 Å². The summed E-state index contributed by atoms with van der Waals surface area (Å²) in [6, 6.07) is -0.787. The molecule has 0 aromatic rings. The second-order valence-corrected chi connectivity index (χ2v) is 5.91. The van der Waals surface area contributed by atoms with E-state index in [-0.39, 0.29) is 13.2 Å². The second kappa shape index (κ2) is 9.27. The lowest BCUT2D eigenvalue weighted by molar-refractivity contribution is -0.757. The Morgan fingerprint density at radius 2 is 2.00 bits per heavy atom. The van der Waals surface area contributed by atoms with Crippen molar-refractivity contribution in [1.82, 2.24) is 10.6 Å². The molecule has 0 fully saturated rings. The fraction of sp³-hybridized carbons (Fsp3) is 0.818. The third-order valence-electron chi connectivity index (χ3n) is 1.94. The highest BCUT2D eigenvalue weighted by molar-refractivity contribution is 7.98. The summed E-state index contributed by atoms with van der Waals surface area (Å²) in [5.41, 5.74) is -0.663. The molecule has 2 amide bonds. The molecule has 0 spiro atoms. The van der Waals surface area contributed by atoms with Crippen LogP contribution in [0.1, 0.15) is 20.8 Å². The Kier molecular flexibility index (Phi) is 8.51. The van der Waals surface area contributed by atoms with E-state index in [2.05, 4.69) is 15.5 Å². The molecule has 0 aliphatic rings. The highest BCUT2D eigenvalue weighted by Crippen LogP contribution is 2.07. The molecular weight excluding hydrogens is 302 g/mol. The lowest BCUT2D eigenvalue weighted by atomic mass is 10.2. The van der Waals surface area contributed by atoms with Gasteiger partial charge in [0.15, 0.2) is 0 Å². The maximum Gasteiger partial charge on any atom is 0.408 e. The third-order valence-corrected chi connectivity index (χ3v) is 2.61. The average molecular weight is 323 g/mol. The van der Waals surface area contributed by atoms with E-state index in [1.165, 1.54) is 11.8 Å². The van der Waals surface area contributed by atoms with Gasteiger partial charge in [-0.05, 0) is 27.0 Å². The first-order chi connectivity index (χ1) is 9.65. The minimum atomic E-state index is -0.940. The number of thioether (sulfide) groups is 1. The predicted octanol–water partition coefficient (Wildman–Crippen LogP) is 0.567. The molecule has 0 radical (unpaired) electrons. The lowest BCUT2D eigenvalue weighted by Crippen LogP contribution is -2.50. The fourth-order valence-corrected chi connectivity index (χ4v) is 1.79. The summed E-state index contributed by atoms with van der Waals surface area (Å²) in [4.78, 5) is 37.5. The predicted molar refractivity (Wildman–Crippen MR) is 77.5 cm³/mol. The Morgan fingerprint density at radius 3 is 2.48 bits per heavy atom. The first-order valence-corrected chi connectivity index (χ1v) is 7.58. The summed E-state index contributed by atoms with van der Waals surface area (Å²) in [5, 5.41) is 13.9. The molecule has 0 saturated heterocycles. The van der Waals surface area contributed by atoms with Crippen LogP contribution < -0.4 is 10.6 Å². The van der Waals surface area contributed by atoms with Gasteiger partial charge in [-0.25, -0.2) is 4.79 Å². The first kappa shape index (κ1) is 19.3. The zero-order chi connectivity index (χ0) is 16.5. The van der Waals surface area contributed by atoms with Gasteiger partial charge in [0.1, 0.15) is 18.2 Å². The molecule has 0 unspecified atom stereocenters. The van der Waals surface area contributed by atoms with Gasteiger partial charge in [-0.15, -0.1) is 10.1 Å². The number of carbonyl (C=O) groups excluding carboxylic acids is 2. The van der Waals surface area contributed by atoms with Crippen LogP contribution in [0, 0.1) is 10.1 Å². The van der Waals surface area contributed by atoms with Crippen LogP contribution in [0.2, 0.25) is 0 Å². The normalized spacial score (nSPS) is 12.2. The number of ether oxygens (including phenoxy) is 1. The van der Waals surface area contributed by atoms with E-state index in [9.17, 15) is 19.7 Å². The van der Waals surface area contributed by atoms with Crippen molar-refractivity contribution >= 4 is 23.8 Å². The molecule has 0 saturated carbocycles. The number of carbonyl (C=O) groups is 2.